The number of aromatic amines is 2. The van der Waals surface area contributed by atoms with Crippen LogP contribution in [-0.4, -0.2) is 103 Å². The lowest BCUT2D eigenvalue weighted by Gasteiger charge is -2.46. The van der Waals surface area contributed by atoms with E-state index in [-0.39, 0.29) is 47.7 Å². The molecule has 0 aliphatic carbocycles. The molecule has 1 fully saturated rings. The summed E-state index contributed by atoms with van der Waals surface area (Å²) in [6, 6.07) is 11.9. The molecule has 17 nitrogen and oxygen atoms in total. The molecule has 1 saturated heterocycles. The minimum absolute atomic E-state index is 0.00379. The zero-order chi connectivity index (χ0) is 36.2. The van der Waals surface area contributed by atoms with E-state index in [1.165, 1.54) is 12.4 Å². The minimum Gasteiger partial charge on any atom is -0.493 e. The van der Waals surface area contributed by atoms with Gasteiger partial charge in [0.25, 0.3) is 23.6 Å². The fourth-order valence-electron chi connectivity index (χ4n) is 5.39. The van der Waals surface area contributed by atoms with Crippen LogP contribution in [0.15, 0.2) is 48.8 Å². The number of carbonyl (C=O) groups is 5. The van der Waals surface area contributed by atoms with Crippen LogP contribution >= 0.6 is 11.6 Å². The number of rotatable bonds is 11. The van der Waals surface area contributed by atoms with E-state index in [0.717, 1.165) is 10.4 Å². The van der Waals surface area contributed by atoms with Gasteiger partial charge in [0, 0.05) is 32.2 Å². The van der Waals surface area contributed by atoms with Crippen LogP contribution in [0.1, 0.15) is 48.2 Å². The lowest BCUT2D eigenvalue weighted by atomic mass is 9.92. The molecule has 18 heteroatoms. The molecule has 0 radical (unpaired) electrons. The number of aromatic nitrogens is 4. The van der Waals surface area contributed by atoms with Crippen molar-refractivity contribution in [2.24, 2.45) is 11.5 Å². The summed E-state index contributed by atoms with van der Waals surface area (Å²) in [6.07, 6.45) is 0.835. The van der Waals surface area contributed by atoms with Crippen molar-refractivity contribution in [3.05, 3.63) is 65.2 Å². The van der Waals surface area contributed by atoms with Crippen molar-refractivity contribution in [3.63, 3.8) is 0 Å². The first-order chi connectivity index (χ1) is 23.7. The fourth-order valence-corrected chi connectivity index (χ4v) is 5.60. The van der Waals surface area contributed by atoms with Crippen LogP contribution in [0.3, 0.4) is 0 Å². The number of ether oxygens (including phenoxy) is 2. The average Bonchev–Trinajstić information content (AvgIpc) is 3.70. The zero-order valence-electron chi connectivity index (χ0n) is 27.5. The van der Waals surface area contributed by atoms with Crippen molar-refractivity contribution >= 4 is 64.0 Å². The summed E-state index contributed by atoms with van der Waals surface area (Å²) in [7, 11) is 0. The van der Waals surface area contributed by atoms with E-state index in [1.807, 2.05) is 18.2 Å². The van der Waals surface area contributed by atoms with E-state index in [2.05, 4.69) is 30.6 Å². The Bertz CT molecular complexity index is 1890. The second-order valence-corrected chi connectivity index (χ2v) is 12.9. The highest BCUT2D eigenvalue weighted by Gasteiger charge is 2.55. The highest BCUT2D eigenvalue weighted by molar-refractivity contribution is 6.34. The highest BCUT2D eigenvalue weighted by Crippen LogP contribution is 2.28. The van der Waals surface area contributed by atoms with E-state index in [9.17, 15) is 24.0 Å². The van der Waals surface area contributed by atoms with Crippen molar-refractivity contribution < 1.29 is 33.4 Å². The van der Waals surface area contributed by atoms with E-state index >= 15 is 0 Å². The van der Waals surface area contributed by atoms with Gasteiger partial charge in [0.05, 0.1) is 34.7 Å². The summed E-state index contributed by atoms with van der Waals surface area (Å²) in [5, 5.41) is 5.44. The molecule has 3 heterocycles. The third-order valence-corrected chi connectivity index (χ3v) is 8.07. The number of carbonyl (C=O) groups excluding carboxylic acids is 5. The Labute approximate surface area is 291 Å². The van der Waals surface area contributed by atoms with Gasteiger partial charge in [-0.25, -0.2) is 14.8 Å². The molecule has 2 aromatic carbocycles. The van der Waals surface area contributed by atoms with Crippen molar-refractivity contribution in [2.45, 2.75) is 38.3 Å². The van der Waals surface area contributed by atoms with Gasteiger partial charge < -0.3 is 36.2 Å². The molecular formula is C32H37ClN10O7. The maximum Gasteiger partial charge on any atom is 0.411 e. The van der Waals surface area contributed by atoms with Gasteiger partial charge in [-0.15, -0.1) is 0 Å². The quantitative estimate of drug-likeness (QED) is 0.0982. The number of hydrogen-bond donors (Lipinski definition) is 6. The van der Waals surface area contributed by atoms with Crippen LogP contribution in [0.4, 0.5) is 16.4 Å². The molecule has 0 bridgehead atoms. The largest absolute Gasteiger partial charge is 0.493 e. The number of halogens is 1. The molecule has 5 amide bonds. The Hall–Kier alpha value is -5.68. The number of anilines is 2. The maximum atomic E-state index is 13.1. The first kappa shape index (κ1) is 35.6. The standard InChI is InChI=1S/C32H37ClN10O7/c1-31(2,3)50-30(48)43-13-12-42(16-32(43,27(34)46)28(35)47)11-6-14-49-18-9-10-20(19(33)15-18)38-25(44)23-24(37-17-36-23)26(45)41-29-39-21-7-4-5-8-22(21)40-29/h4-5,7-10,15,17H,6,11-14,16H2,1-3H3,(H2,34,46)(H2,35,47)(H,36,37)(H,38,44)(H2,39,40,41,45). The van der Waals surface area contributed by atoms with Gasteiger partial charge in [-0.2, -0.15) is 0 Å². The summed E-state index contributed by atoms with van der Waals surface area (Å²) in [5.41, 5.74) is 9.74. The number of piperazine rings is 1. The molecule has 5 rings (SSSR count). The van der Waals surface area contributed by atoms with E-state index in [1.54, 1.807) is 43.9 Å². The number of fused-ring (bicyclic) bond motifs is 1. The Morgan fingerprint density at radius 2 is 1.76 bits per heavy atom. The molecule has 4 aromatic rings. The predicted octanol–water partition coefficient (Wildman–Crippen LogP) is 2.48. The van der Waals surface area contributed by atoms with Crippen LogP contribution in [0, 0.1) is 0 Å². The molecule has 50 heavy (non-hydrogen) atoms. The molecule has 0 saturated carbocycles. The van der Waals surface area contributed by atoms with Crippen molar-refractivity contribution in [2.75, 3.05) is 43.4 Å². The van der Waals surface area contributed by atoms with Gasteiger partial charge in [-0.3, -0.25) is 34.3 Å². The molecule has 2 aromatic heterocycles. The van der Waals surface area contributed by atoms with Crippen LogP contribution in [0.25, 0.3) is 11.0 Å². The maximum absolute atomic E-state index is 13.1. The molecule has 8 N–H and O–H groups in total. The first-order valence-corrected chi connectivity index (χ1v) is 15.9. The van der Waals surface area contributed by atoms with E-state index < -0.39 is 40.9 Å². The lowest BCUT2D eigenvalue weighted by Crippen LogP contribution is -2.74. The number of nitrogens with one attached hydrogen (secondary N) is 4. The Morgan fingerprint density at radius 3 is 2.44 bits per heavy atom. The van der Waals surface area contributed by atoms with Gasteiger partial charge in [0.15, 0.2) is 5.69 Å². The number of hydrogen-bond acceptors (Lipinski definition) is 10. The summed E-state index contributed by atoms with van der Waals surface area (Å²) in [6.45, 7) is 5.75. The van der Waals surface area contributed by atoms with Crippen molar-refractivity contribution in [1.82, 2.24) is 29.7 Å². The number of para-hydroxylation sites is 2. The third-order valence-electron chi connectivity index (χ3n) is 7.76. The van der Waals surface area contributed by atoms with Gasteiger partial charge in [0.2, 0.25) is 11.5 Å². The van der Waals surface area contributed by atoms with E-state index in [0.29, 0.717) is 30.8 Å². The number of benzene rings is 2. The molecule has 264 valence electrons. The number of primary amides is 2. The van der Waals surface area contributed by atoms with Crippen LogP contribution in [0.5, 0.6) is 5.75 Å². The highest BCUT2D eigenvalue weighted by atomic mass is 35.5. The second kappa shape index (κ2) is 14.4. The third kappa shape index (κ3) is 7.79. The Morgan fingerprint density at radius 1 is 1.02 bits per heavy atom. The second-order valence-electron chi connectivity index (χ2n) is 12.5. The summed E-state index contributed by atoms with van der Waals surface area (Å²) in [5.74, 6) is -2.77. The number of imidazole rings is 2. The summed E-state index contributed by atoms with van der Waals surface area (Å²) in [4.78, 5) is 80.7. The number of amides is 5. The Kier molecular flexibility index (Phi) is 10.3. The van der Waals surface area contributed by atoms with Crippen molar-refractivity contribution in [3.8, 4) is 5.75 Å². The normalized spacial score (nSPS) is 14.6. The topological polar surface area (TPSA) is 244 Å². The zero-order valence-corrected chi connectivity index (χ0v) is 28.3. The monoisotopic (exact) mass is 708 g/mol. The summed E-state index contributed by atoms with van der Waals surface area (Å²) < 4.78 is 11.2. The molecule has 0 atom stereocenters. The molecular weight excluding hydrogens is 672 g/mol. The molecule has 0 unspecified atom stereocenters. The lowest BCUT2D eigenvalue weighted by molar-refractivity contribution is -0.147. The van der Waals surface area contributed by atoms with Crippen molar-refractivity contribution in [1.29, 1.82) is 0 Å². The number of H-pyrrole nitrogens is 2. The first-order valence-electron chi connectivity index (χ1n) is 15.5. The molecule has 0 spiro atoms. The van der Waals surface area contributed by atoms with Gasteiger partial charge in [-0.05, 0) is 51.5 Å². The molecule has 1 aliphatic heterocycles. The van der Waals surface area contributed by atoms with Crippen LogP contribution in [-0.2, 0) is 14.3 Å². The SMILES string of the molecule is CC(C)(C)OC(=O)N1CCN(CCCOc2ccc(NC(=O)c3nc[nH]c3C(=O)Nc3nc4ccccc4[nH]3)c(Cl)c2)CC1(C(N)=O)C(N)=O. The predicted molar refractivity (Wildman–Crippen MR) is 183 cm³/mol. The van der Waals surface area contributed by atoms with Crippen LogP contribution < -0.4 is 26.8 Å². The van der Waals surface area contributed by atoms with Gasteiger partial charge in [0.1, 0.15) is 17.0 Å². The minimum atomic E-state index is -2.08. The smallest absolute Gasteiger partial charge is 0.411 e. The average molecular weight is 709 g/mol. The fraction of sp³-hybridized carbons (Fsp3) is 0.344. The van der Waals surface area contributed by atoms with Gasteiger partial charge in [-0.1, -0.05) is 23.7 Å². The number of nitrogens with zero attached hydrogens (tertiary/aromatic N) is 4. The Balaban J connectivity index is 1.14. The van der Waals surface area contributed by atoms with Crippen LogP contribution in [0.2, 0.25) is 5.02 Å². The summed E-state index contributed by atoms with van der Waals surface area (Å²) >= 11 is 6.43. The molecule has 1 aliphatic rings. The van der Waals surface area contributed by atoms with Gasteiger partial charge >= 0.3 is 6.09 Å². The van der Waals surface area contributed by atoms with E-state index in [4.69, 9.17) is 32.5 Å². The number of nitrogens with two attached hydrogens (primary N) is 2.